The average Bonchev–Trinajstić information content (AvgIpc) is 1.15. The van der Waals surface area contributed by atoms with Gasteiger partial charge >= 0.3 is 0 Å². The Morgan fingerprint density at radius 2 is 0.596 bits per heavy atom. The van der Waals surface area contributed by atoms with Gasteiger partial charge in [0.05, 0.1) is 27.8 Å². The molecule has 16 rings (SSSR count). The fourth-order valence-corrected chi connectivity index (χ4v) is 20.5. The SMILES string of the molecule is CC(C)(C)c1ccc(N2c3ccc(C(C)(C)C)cc3B3c4cc(C(C)(C)C)ccc4N(c4ccc(C(C)(C)C)cc4)c4cc(-n5c6ccccc6c6ccc7c8ccccc8n(-c8ccc([Si](c9ccccc9)(c9ccccc9)c9ccccc9)cc8)c7c65)cc2c43)cc1. The summed E-state index contributed by atoms with van der Waals surface area (Å²) < 4.78 is 5.19. The highest BCUT2D eigenvalue weighted by Gasteiger charge is 2.46. The zero-order valence-electron chi connectivity index (χ0n) is 56.3. The van der Waals surface area contributed by atoms with Crippen molar-refractivity contribution in [1.82, 2.24) is 9.13 Å². The zero-order chi connectivity index (χ0) is 64.8. The zero-order valence-corrected chi connectivity index (χ0v) is 57.3. The molecule has 0 N–H and O–H groups in total. The first-order valence-electron chi connectivity index (χ1n) is 33.7. The van der Waals surface area contributed by atoms with Crippen LogP contribution >= 0.6 is 0 Å². The van der Waals surface area contributed by atoms with E-state index >= 15 is 0 Å². The molecular weight excluding hydrogens is 1150 g/mol. The molecule has 0 spiro atoms. The summed E-state index contributed by atoms with van der Waals surface area (Å²) in [5.41, 5.74) is 23.0. The van der Waals surface area contributed by atoms with E-state index in [1.54, 1.807) is 0 Å². The van der Waals surface area contributed by atoms with E-state index in [1.807, 2.05) is 0 Å². The van der Waals surface area contributed by atoms with Crippen molar-refractivity contribution in [1.29, 1.82) is 0 Å². The van der Waals surface area contributed by atoms with Crippen molar-refractivity contribution >= 4 is 130 Å². The second kappa shape index (κ2) is 21.6. The second-order valence-electron chi connectivity index (χ2n) is 30.6. The van der Waals surface area contributed by atoms with Crippen LogP contribution in [0.4, 0.5) is 34.1 Å². The number of benzene rings is 12. The Morgan fingerprint density at radius 1 is 0.266 bits per heavy atom. The number of hydrogen-bond acceptors (Lipinski definition) is 2. The summed E-state index contributed by atoms with van der Waals surface area (Å²) in [4.78, 5) is 5.22. The number of fused-ring (bicyclic) bond motifs is 11. The standard InChI is InChI=1S/C88H81BN4Si/c1-85(2,3)58-36-42-62(43-37-58)90-78-52-40-60(87(7,8)9)54-74(78)89-75-55-61(88(10,11)12)41-53-79(75)91(63-44-38-59(39-45-63)86(4,5)6)81-57-65(56-80(90)82(81)89)93-77-35-25-23-33-71(77)73-51-50-72-70-32-22-24-34-76(70)92(83(72)84(73)93)64-46-48-69(49-47-64)94(66-26-16-13-17-27-66,67-28-18-14-19-29-67)68-30-20-15-21-31-68/h13-57H,1-12H3. The third-order valence-electron chi connectivity index (χ3n) is 20.7. The molecule has 460 valence electrons. The lowest BCUT2D eigenvalue weighted by atomic mass is 9.33. The molecule has 4 nitrogen and oxygen atoms in total. The molecule has 0 unspecified atom stereocenters. The van der Waals surface area contributed by atoms with Crippen molar-refractivity contribution in [2.75, 3.05) is 9.80 Å². The number of rotatable bonds is 8. The highest BCUT2D eigenvalue weighted by Crippen LogP contribution is 2.49. The molecule has 4 heterocycles. The highest BCUT2D eigenvalue weighted by atomic mass is 28.3. The second-order valence-corrected chi connectivity index (χ2v) is 34.4. The van der Waals surface area contributed by atoms with E-state index in [-0.39, 0.29) is 28.4 Å². The van der Waals surface area contributed by atoms with E-state index in [2.05, 4.69) is 375 Å². The molecule has 2 aliphatic heterocycles. The molecule has 0 radical (unpaired) electrons. The molecule has 0 atom stereocenters. The van der Waals surface area contributed by atoms with E-state index in [0.29, 0.717) is 0 Å². The molecule has 0 saturated carbocycles. The third-order valence-corrected chi connectivity index (χ3v) is 25.5. The Morgan fingerprint density at radius 3 is 0.979 bits per heavy atom. The Labute approximate surface area is 556 Å². The quantitative estimate of drug-likeness (QED) is 0.111. The Kier molecular flexibility index (Phi) is 13.6. The number of aromatic nitrogens is 2. The van der Waals surface area contributed by atoms with Gasteiger partial charge in [0, 0.05) is 61.4 Å². The molecule has 14 aromatic rings. The van der Waals surface area contributed by atoms with Crippen LogP contribution in [-0.2, 0) is 21.7 Å². The van der Waals surface area contributed by atoms with Gasteiger partial charge in [-0.05, 0) is 154 Å². The number of para-hydroxylation sites is 2. The maximum absolute atomic E-state index is 2.83. The smallest absolute Gasteiger partial charge is 0.252 e. The van der Waals surface area contributed by atoms with Crippen LogP contribution in [0.2, 0.25) is 0 Å². The van der Waals surface area contributed by atoms with Crippen LogP contribution in [0.15, 0.2) is 273 Å². The predicted octanol–water partition coefficient (Wildman–Crippen LogP) is 18.5. The predicted molar refractivity (Wildman–Crippen MR) is 408 cm³/mol. The largest absolute Gasteiger partial charge is 0.311 e. The fourth-order valence-electron chi connectivity index (χ4n) is 15.8. The lowest BCUT2D eigenvalue weighted by Crippen LogP contribution is -2.74. The monoisotopic (exact) mass is 1230 g/mol. The summed E-state index contributed by atoms with van der Waals surface area (Å²) in [6, 6.07) is 105. The lowest BCUT2D eigenvalue weighted by molar-refractivity contribution is 0.590. The minimum atomic E-state index is -2.83. The molecule has 0 saturated heterocycles. The summed E-state index contributed by atoms with van der Waals surface area (Å²) in [5.74, 6) is 0. The van der Waals surface area contributed by atoms with Gasteiger partial charge in [0.15, 0.2) is 8.07 Å². The number of hydrogen-bond donors (Lipinski definition) is 0. The summed E-state index contributed by atoms with van der Waals surface area (Å²) >= 11 is 0. The molecule has 12 aromatic carbocycles. The van der Waals surface area contributed by atoms with Crippen molar-refractivity contribution in [3.63, 3.8) is 0 Å². The minimum absolute atomic E-state index is 0.0210. The van der Waals surface area contributed by atoms with Crippen LogP contribution in [0.1, 0.15) is 105 Å². The number of nitrogens with zero attached hydrogens (tertiary/aromatic N) is 4. The molecule has 2 aliphatic rings. The molecule has 2 aromatic heterocycles. The normalized spacial score (nSPS) is 13.5. The first-order chi connectivity index (χ1) is 45.2. The molecule has 0 bridgehead atoms. The Balaban J connectivity index is 1.02. The van der Waals surface area contributed by atoms with Gasteiger partial charge in [-0.3, -0.25) is 0 Å². The maximum atomic E-state index is 2.62. The van der Waals surface area contributed by atoms with Crippen LogP contribution < -0.4 is 46.9 Å². The topological polar surface area (TPSA) is 16.3 Å². The van der Waals surface area contributed by atoms with Crippen molar-refractivity contribution in [2.24, 2.45) is 0 Å². The fraction of sp³-hybridized carbons (Fsp3) is 0.182. The molecule has 0 aliphatic carbocycles. The first-order valence-corrected chi connectivity index (χ1v) is 35.7. The van der Waals surface area contributed by atoms with Crippen molar-refractivity contribution in [2.45, 2.75) is 105 Å². The van der Waals surface area contributed by atoms with Gasteiger partial charge < -0.3 is 18.9 Å². The Hall–Kier alpha value is -9.88. The van der Waals surface area contributed by atoms with Gasteiger partial charge in [-0.25, -0.2) is 0 Å². The van der Waals surface area contributed by atoms with Gasteiger partial charge in [-0.2, -0.15) is 0 Å². The van der Waals surface area contributed by atoms with Gasteiger partial charge in [0.2, 0.25) is 0 Å². The maximum Gasteiger partial charge on any atom is 0.252 e. The highest BCUT2D eigenvalue weighted by molar-refractivity contribution is 7.19. The molecular formula is C88H81BN4Si. The van der Waals surface area contributed by atoms with E-state index in [0.717, 1.165) is 28.3 Å². The first kappa shape index (κ1) is 59.2. The van der Waals surface area contributed by atoms with E-state index in [1.165, 1.54) is 120 Å². The van der Waals surface area contributed by atoms with E-state index in [9.17, 15) is 0 Å². The molecule has 0 fully saturated rings. The molecule has 94 heavy (non-hydrogen) atoms. The van der Waals surface area contributed by atoms with E-state index < -0.39 is 8.07 Å². The van der Waals surface area contributed by atoms with E-state index in [4.69, 9.17) is 0 Å². The van der Waals surface area contributed by atoms with Gasteiger partial charge in [0.25, 0.3) is 6.71 Å². The average molecular weight is 1230 g/mol. The summed E-state index contributed by atoms with van der Waals surface area (Å²) in [7, 11) is -2.83. The van der Waals surface area contributed by atoms with Gasteiger partial charge in [-0.1, -0.05) is 283 Å². The van der Waals surface area contributed by atoms with Gasteiger partial charge in [-0.15, -0.1) is 0 Å². The summed E-state index contributed by atoms with van der Waals surface area (Å²) in [6.45, 7) is 27.9. The molecule has 0 amide bonds. The van der Waals surface area contributed by atoms with Crippen LogP contribution in [0.3, 0.4) is 0 Å². The summed E-state index contributed by atoms with van der Waals surface area (Å²) in [6.07, 6.45) is 0. The van der Waals surface area contributed by atoms with Crippen molar-refractivity contribution in [3.8, 4) is 11.4 Å². The van der Waals surface area contributed by atoms with Crippen LogP contribution in [-0.4, -0.2) is 23.9 Å². The summed E-state index contributed by atoms with van der Waals surface area (Å²) in [5, 5.41) is 10.3. The third kappa shape index (κ3) is 9.30. The van der Waals surface area contributed by atoms with Gasteiger partial charge in [0.1, 0.15) is 0 Å². The van der Waals surface area contributed by atoms with Crippen molar-refractivity contribution in [3.05, 3.63) is 295 Å². The number of anilines is 6. The lowest BCUT2D eigenvalue weighted by Gasteiger charge is -2.45. The Bertz CT molecular complexity index is 5020. The minimum Gasteiger partial charge on any atom is -0.311 e. The van der Waals surface area contributed by atoms with Crippen LogP contribution in [0, 0.1) is 0 Å². The van der Waals surface area contributed by atoms with Crippen LogP contribution in [0.5, 0.6) is 0 Å². The van der Waals surface area contributed by atoms with Crippen molar-refractivity contribution < 1.29 is 0 Å². The van der Waals surface area contributed by atoms with Crippen LogP contribution in [0.25, 0.3) is 55.0 Å². The molecule has 6 heteroatoms.